The highest BCUT2D eigenvalue weighted by molar-refractivity contribution is 7.81. The molecule has 0 aliphatic carbocycles. The van der Waals surface area contributed by atoms with Crippen LogP contribution < -0.4 is 15.2 Å². The molecule has 1 amide bonds. The summed E-state index contributed by atoms with van der Waals surface area (Å²) in [4.78, 5) is 38.9. The van der Waals surface area contributed by atoms with Crippen molar-refractivity contribution in [2.75, 3.05) is 9.62 Å². The van der Waals surface area contributed by atoms with Gasteiger partial charge in [0.2, 0.25) is 0 Å². The zero-order chi connectivity index (χ0) is 23.5. The molecule has 0 radical (unpaired) electrons. The lowest BCUT2D eigenvalue weighted by Gasteiger charge is -2.19. The van der Waals surface area contributed by atoms with Gasteiger partial charge in [-0.25, -0.2) is 18.3 Å². The minimum absolute atomic E-state index is 0.0430. The van der Waals surface area contributed by atoms with Crippen LogP contribution in [-0.4, -0.2) is 24.6 Å². The Kier molecular flexibility index (Phi) is 5.93. The maximum atomic E-state index is 12.9. The standard InChI is InChI=1S/C21H14N4O7S/c26-19-8-7-13-3-1-6-17(20(13)32-19)21(27)23-14-9-10-22-18(11-14)24(33(30)31)15-4-2-5-16(12-15)25(28)29/h1-12H,(H,30,31)(H,22,23,27). The molecule has 2 heterocycles. The fourth-order valence-electron chi connectivity index (χ4n) is 3.11. The van der Waals surface area contributed by atoms with Crippen LogP contribution in [0.3, 0.4) is 0 Å². The molecule has 4 aromatic rings. The van der Waals surface area contributed by atoms with Crippen molar-refractivity contribution < 1.29 is 22.9 Å². The highest BCUT2D eigenvalue weighted by Gasteiger charge is 2.20. The van der Waals surface area contributed by atoms with Gasteiger partial charge in [-0.1, -0.05) is 18.2 Å². The first-order valence-corrected chi connectivity index (χ1v) is 10.4. The van der Waals surface area contributed by atoms with Crippen molar-refractivity contribution >= 4 is 51.0 Å². The summed E-state index contributed by atoms with van der Waals surface area (Å²) in [6, 6.07) is 15.5. The number of nitro benzene ring substituents is 1. The van der Waals surface area contributed by atoms with E-state index < -0.39 is 27.7 Å². The third kappa shape index (κ3) is 4.61. The quantitative estimate of drug-likeness (QED) is 0.189. The summed E-state index contributed by atoms with van der Waals surface area (Å²) < 4.78 is 27.8. The summed E-state index contributed by atoms with van der Waals surface area (Å²) in [5.41, 5.74) is -0.369. The van der Waals surface area contributed by atoms with Crippen LogP contribution >= 0.6 is 0 Å². The topological polar surface area (TPSA) is 156 Å². The number of nitrogens with one attached hydrogen (secondary N) is 1. The number of pyridine rings is 1. The number of nitro groups is 1. The highest BCUT2D eigenvalue weighted by Crippen LogP contribution is 2.29. The van der Waals surface area contributed by atoms with Crippen LogP contribution in [0.4, 0.5) is 22.9 Å². The van der Waals surface area contributed by atoms with E-state index in [2.05, 4.69) is 10.3 Å². The number of anilines is 3. The third-order valence-electron chi connectivity index (χ3n) is 4.53. The predicted molar refractivity (Wildman–Crippen MR) is 121 cm³/mol. The molecule has 0 bridgehead atoms. The molecule has 166 valence electrons. The van der Waals surface area contributed by atoms with E-state index in [1.165, 1.54) is 54.7 Å². The molecule has 2 N–H and O–H groups in total. The fraction of sp³-hybridized carbons (Fsp3) is 0. The lowest BCUT2D eigenvalue weighted by Crippen LogP contribution is -2.21. The van der Waals surface area contributed by atoms with E-state index in [0.717, 1.165) is 10.4 Å². The van der Waals surface area contributed by atoms with Gasteiger partial charge in [0.1, 0.15) is 5.82 Å². The second-order valence-corrected chi connectivity index (χ2v) is 7.46. The van der Waals surface area contributed by atoms with Crippen molar-refractivity contribution in [3.05, 3.63) is 99.0 Å². The van der Waals surface area contributed by atoms with Crippen molar-refractivity contribution in [2.45, 2.75) is 0 Å². The summed E-state index contributed by atoms with van der Waals surface area (Å²) in [7, 11) is 0. The molecule has 2 aromatic heterocycles. The Morgan fingerprint density at radius 2 is 1.91 bits per heavy atom. The van der Waals surface area contributed by atoms with Crippen LogP contribution in [0, 0.1) is 10.1 Å². The average molecular weight is 466 g/mol. The molecule has 2 aromatic carbocycles. The van der Waals surface area contributed by atoms with E-state index in [1.807, 2.05) is 0 Å². The van der Waals surface area contributed by atoms with Crippen LogP contribution in [0.25, 0.3) is 11.0 Å². The number of hydrogen-bond donors (Lipinski definition) is 2. The van der Waals surface area contributed by atoms with E-state index in [-0.39, 0.29) is 34.0 Å². The van der Waals surface area contributed by atoms with Crippen LogP contribution in [0.2, 0.25) is 0 Å². The number of fused-ring (bicyclic) bond motifs is 1. The summed E-state index contributed by atoms with van der Waals surface area (Å²) in [6.07, 6.45) is 1.30. The van der Waals surface area contributed by atoms with Crippen LogP contribution in [0.15, 0.2) is 82.1 Å². The molecule has 0 spiro atoms. The van der Waals surface area contributed by atoms with Crippen LogP contribution in [0.1, 0.15) is 10.4 Å². The van der Waals surface area contributed by atoms with E-state index in [1.54, 1.807) is 12.1 Å². The molecular weight excluding hydrogens is 452 g/mol. The first-order valence-electron chi connectivity index (χ1n) is 9.29. The van der Waals surface area contributed by atoms with Crippen molar-refractivity contribution in [1.82, 2.24) is 4.98 Å². The number of carbonyl (C=O) groups is 1. The molecule has 1 unspecified atom stereocenters. The third-order valence-corrected chi connectivity index (χ3v) is 5.24. The van der Waals surface area contributed by atoms with Gasteiger partial charge in [0.05, 0.1) is 16.2 Å². The second-order valence-electron chi connectivity index (χ2n) is 6.64. The van der Waals surface area contributed by atoms with Gasteiger partial charge < -0.3 is 9.73 Å². The Morgan fingerprint density at radius 3 is 2.67 bits per heavy atom. The van der Waals surface area contributed by atoms with Gasteiger partial charge in [-0.2, -0.15) is 0 Å². The zero-order valence-corrected chi connectivity index (χ0v) is 17.4. The number of rotatable bonds is 6. The summed E-state index contributed by atoms with van der Waals surface area (Å²) in [5, 5.41) is 14.3. The maximum absolute atomic E-state index is 12.9. The maximum Gasteiger partial charge on any atom is 0.336 e. The molecule has 33 heavy (non-hydrogen) atoms. The SMILES string of the molecule is O=C(Nc1ccnc(N(c2cccc([N+](=O)[O-])c2)S(=O)O)c1)c1cccc2ccc(=O)oc12. The van der Waals surface area contributed by atoms with Gasteiger partial charge in [-0.15, -0.1) is 0 Å². The Morgan fingerprint density at radius 1 is 1.12 bits per heavy atom. The van der Waals surface area contributed by atoms with Crippen LogP contribution in [0.5, 0.6) is 0 Å². The minimum Gasteiger partial charge on any atom is -0.422 e. The fourth-order valence-corrected chi connectivity index (χ4v) is 3.67. The lowest BCUT2D eigenvalue weighted by atomic mass is 10.1. The largest absolute Gasteiger partial charge is 0.422 e. The lowest BCUT2D eigenvalue weighted by molar-refractivity contribution is -0.384. The number of non-ortho nitro benzene ring substituents is 1. The van der Waals surface area contributed by atoms with Gasteiger partial charge in [-0.3, -0.25) is 19.5 Å². The highest BCUT2D eigenvalue weighted by atomic mass is 32.2. The Labute approximate surface area is 187 Å². The zero-order valence-electron chi connectivity index (χ0n) is 16.6. The van der Waals surface area contributed by atoms with E-state index in [9.17, 15) is 28.5 Å². The molecule has 0 saturated carbocycles. The Balaban J connectivity index is 1.68. The molecule has 1 atom stereocenters. The Hall–Kier alpha value is -4.42. The van der Waals surface area contributed by atoms with Crippen molar-refractivity contribution in [1.29, 1.82) is 0 Å². The number of benzene rings is 2. The number of amides is 1. The number of nitrogens with zero attached hydrogens (tertiary/aromatic N) is 3. The van der Waals surface area contributed by atoms with Gasteiger partial charge in [0, 0.05) is 41.5 Å². The molecule has 0 saturated heterocycles. The minimum atomic E-state index is -2.62. The summed E-state index contributed by atoms with van der Waals surface area (Å²) in [6.45, 7) is 0. The van der Waals surface area contributed by atoms with Crippen molar-refractivity contribution in [3.8, 4) is 0 Å². The monoisotopic (exact) mass is 466 g/mol. The number of para-hydroxylation sites is 1. The molecule has 12 heteroatoms. The number of carbonyl (C=O) groups excluding carboxylic acids is 1. The molecular formula is C21H14N4O7S. The van der Waals surface area contributed by atoms with Crippen molar-refractivity contribution in [2.24, 2.45) is 0 Å². The molecule has 4 rings (SSSR count). The number of aromatic nitrogens is 1. The molecule has 0 aliphatic heterocycles. The molecule has 0 aliphatic rings. The molecule has 11 nitrogen and oxygen atoms in total. The summed E-state index contributed by atoms with van der Waals surface area (Å²) in [5.74, 6) is -0.627. The summed E-state index contributed by atoms with van der Waals surface area (Å²) >= 11 is -2.62. The number of hydrogen-bond acceptors (Lipinski definition) is 7. The first-order chi connectivity index (χ1) is 15.8. The van der Waals surface area contributed by atoms with Crippen LogP contribution in [-0.2, 0) is 11.3 Å². The first kappa shape index (κ1) is 21.8. The second kappa shape index (κ2) is 8.98. The normalized spacial score (nSPS) is 11.7. The van der Waals surface area contributed by atoms with Gasteiger partial charge in [-0.05, 0) is 24.3 Å². The van der Waals surface area contributed by atoms with Gasteiger partial charge >= 0.3 is 5.63 Å². The average Bonchev–Trinajstić information content (AvgIpc) is 2.79. The van der Waals surface area contributed by atoms with Gasteiger partial charge in [0.15, 0.2) is 5.58 Å². The van der Waals surface area contributed by atoms with Gasteiger partial charge in [0.25, 0.3) is 22.9 Å². The van der Waals surface area contributed by atoms with Crippen molar-refractivity contribution in [3.63, 3.8) is 0 Å². The van der Waals surface area contributed by atoms with E-state index in [4.69, 9.17) is 4.42 Å². The predicted octanol–water partition coefficient (Wildman–Crippen LogP) is 3.62. The molecule has 0 fully saturated rings. The Bertz CT molecular complexity index is 1470. The van der Waals surface area contributed by atoms with E-state index in [0.29, 0.717) is 5.39 Å². The smallest absolute Gasteiger partial charge is 0.336 e. The van der Waals surface area contributed by atoms with E-state index >= 15 is 0 Å².